The maximum atomic E-state index is 11.1. The van der Waals surface area contributed by atoms with E-state index in [1.807, 2.05) is 0 Å². The van der Waals surface area contributed by atoms with Crippen molar-refractivity contribution in [2.24, 2.45) is 7.05 Å². The van der Waals surface area contributed by atoms with Gasteiger partial charge in [-0.1, -0.05) is 0 Å². The summed E-state index contributed by atoms with van der Waals surface area (Å²) < 4.78 is 1.51. The fourth-order valence-corrected chi connectivity index (χ4v) is 1.71. The molecular formula is C11H13N5O2. The van der Waals surface area contributed by atoms with Crippen molar-refractivity contribution in [3.63, 3.8) is 0 Å². The summed E-state index contributed by atoms with van der Waals surface area (Å²) in [4.78, 5) is 19.0. The Balaban J connectivity index is 2.22. The van der Waals surface area contributed by atoms with E-state index in [1.54, 1.807) is 26.2 Å². The topological polar surface area (TPSA) is 92.9 Å². The molecule has 7 heteroatoms. The van der Waals surface area contributed by atoms with Crippen molar-refractivity contribution in [1.82, 2.24) is 19.7 Å². The van der Waals surface area contributed by atoms with E-state index in [4.69, 9.17) is 5.11 Å². The first-order valence-electron chi connectivity index (χ1n) is 5.35. The van der Waals surface area contributed by atoms with E-state index in [1.165, 1.54) is 11.0 Å². The number of nitrogens with zero attached hydrogens (tertiary/aromatic N) is 4. The lowest BCUT2D eigenvalue weighted by Gasteiger charge is -2.07. The van der Waals surface area contributed by atoms with E-state index < -0.39 is 5.97 Å². The second-order valence-corrected chi connectivity index (χ2v) is 3.79. The number of hydrogen-bond donors (Lipinski definition) is 2. The van der Waals surface area contributed by atoms with Crippen molar-refractivity contribution in [3.05, 3.63) is 35.5 Å². The summed E-state index contributed by atoms with van der Waals surface area (Å²) in [5.74, 6) is -0.524. The molecule has 0 aliphatic carbocycles. The molecule has 94 valence electrons. The second kappa shape index (κ2) is 4.82. The third kappa shape index (κ3) is 2.29. The third-order valence-corrected chi connectivity index (χ3v) is 2.52. The van der Waals surface area contributed by atoms with Crippen LogP contribution in [0.4, 0.5) is 5.82 Å². The van der Waals surface area contributed by atoms with Gasteiger partial charge in [0.05, 0.1) is 17.9 Å². The molecule has 0 spiro atoms. The monoisotopic (exact) mass is 247 g/mol. The van der Waals surface area contributed by atoms with Crippen LogP contribution in [0.5, 0.6) is 0 Å². The number of nitrogens with one attached hydrogen (secondary N) is 1. The summed E-state index contributed by atoms with van der Waals surface area (Å²) in [7, 11) is 1.70. The van der Waals surface area contributed by atoms with Gasteiger partial charge in [0.1, 0.15) is 17.7 Å². The molecule has 2 heterocycles. The number of aromatic nitrogens is 4. The minimum absolute atomic E-state index is 0.187. The number of anilines is 1. The largest absolute Gasteiger partial charge is 0.477 e. The first kappa shape index (κ1) is 12.0. The molecule has 0 saturated heterocycles. The molecule has 0 aliphatic heterocycles. The van der Waals surface area contributed by atoms with Crippen molar-refractivity contribution < 1.29 is 9.90 Å². The lowest BCUT2D eigenvalue weighted by Crippen LogP contribution is -2.09. The normalized spacial score (nSPS) is 10.3. The predicted molar refractivity (Wildman–Crippen MR) is 64.3 cm³/mol. The Kier molecular flexibility index (Phi) is 3.22. The third-order valence-electron chi connectivity index (χ3n) is 2.52. The maximum absolute atomic E-state index is 11.1. The molecule has 0 unspecified atom stereocenters. The van der Waals surface area contributed by atoms with E-state index in [9.17, 15) is 4.79 Å². The highest BCUT2D eigenvalue weighted by Crippen LogP contribution is 2.19. The number of aromatic carboxylic acids is 1. The Morgan fingerprint density at radius 3 is 2.94 bits per heavy atom. The van der Waals surface area contributed by atoms with E-state index in [0.29, 0.717) is 18.1 Å². The van der Waals surface area contributed by atoms with Gasteiger partial charge in [-0.3, -0.25) is 4.68 Å². The molecule has 2 N–H and O–H groups in total. The number of carbonyl (C=O) groups is 1. The summed E-state index contributed by atoms with van der Waals surface area (Å²) in [6.45, 7) is 2.08. The molecule has 0 atom stereocenters. The molecule has 2 rings (SSSR count). The van der Waals surface area contributed by atoms with Gasteiger partial charge in [-0.15, -0.1) is 0 Å². The molecule has 2 aromatic rings. The fraction of sp³-hybridized carbons (Fsp3) is 0.273. The minimum atomic E-state index is -0.995. The quantitative estimate of drug-likeness (QED) is 0.831. The van der Waals surface area contributed by atoms with Crippen LogP contribution in [0.1, 0.15) is 21.7 Å². The van der Waals surface area contributed by atoms with Crippen molar-refractivity contribution in [2.45, 2.75) is 13.5 Å². The molecule has 0 aliphatic rings. The van der Waals surface area contributed by atoms with Crippen LogP contribution in [0.25, 0.3) is 0 Å². The average Bonchev–Trinajstić information content (AvgIpc) is 2.62. The number of carboxylic acid groups (broad SMARTS) is 1. The molecular weight excluding hydrogens is 234 g/mol. The van der Waals surface area contributed by atoms with Gasteiger partial charge in [-0.25, -0.2) is 14.8 Å². The van der Waals surface area contributed by atoms with Crippen molar-refractivity contribution in [3.8, 4) is 0 Å². The zero-order valence-electron chi connectivity index (χ0n) is 10.1. The minimum Gasteiger partial charge on any atom is -0.477 e. The molecule has 0 radical (unpaired) electrons. The van der Waals surface area contributed by atoms with Crippen molar-refractivity contribution in [1.29, 1.82) is 0 Å². The van der Waals surface area contributed by atoms with Crippen LogP contribution in [0.15, 0.2) is 18.6 Å². The number of aryl methyl sites for hydroxylation is 2. The SMILES string of the molecule is Cc1nn(C)c(NCc2ccncn2)c1C(=O)O. The van der Waals surface area contributed by atoms with Gasteiger partial charge < -0.3 is 10.4 Å². The highest BCUT2D eigenvalue weighted by Gasteiger charge is 2.19. The van der Waals surface area contributed by atoms with Crippen molar-refractivity contribution in [2.75, 3.05) is 5.32 Å². The van der Waals surface area contributed by atoms with Gasteiger partial charge in [0, 0.05) is 13.2 Å². The van der Waals surface area contributed by atoms with E-state index in [2.05, 4.69) is 20.4 Å². The van der Waals surface area contributed by atoms with Crippen LogP contribution in [0.2, 0.25) is 0 Å². The summed E-state index contributed by atoms with van der Waals surface area (Å²) >= 11 is 0. The molecule has 0 saturated carbocycles. The maximum Gasteiger partial charge on any atom is 0.341 e. The van der Waals surface area contributed by atoms with E-state index >= 15 is 0 Å². The summed E-state index contributed by atoms with van der Waals surface area (Å²) in [5.41, 5.74) is 1.45. The van der Waals surface area contributed by atoms with Gasteiger partial charge in [-0.2, -0.15) is 5.10 Å². The zero-order valence-corrected chi connectivity index (χ0v) is 10.1. The standard InChI is InChI=1S/C11H13N5O2/c1-7-9(11(17)18)10(16(2)15-7)13-5-8-3-4-12-6-14-8/h3-4,6,13H,5H2,1-2H3,(H,17,18). The van der Waals surface area contributed by atoms with Crippen LogP contribution in [0.3, 0.4) is 0 Å². The van der Waals surface area contributed by atoms with Gasteiger partial charge in [0.25, 0.3) is 0 Å². The van der Waals surface area contributed by atoms with Crippen molar-refractivity contribution >= 4 is 11.8 Å². The molecule has 18 heavy (non-hydrogen) atoms. The van der Waals surface area contributed by atoms with Gasteiger partial charge in [0.15, 0.2) is 0 Å². The number of carboxylic acids is 1. The molecule has 0 aromatic carbocycles. The van der Waals surface area contributed by atoms with Crippen LogP contribution in [-0.2, 0) is 13.6 Å². The highest BCUT2D eigenvalue weighted by molar-refractivity contribution is 5.94. The van der Waals surface area contributed by atoms with Crippen LogP contribution in [0, 0.1) is 6.92 Å². The van der Waals surface area contributed by atoms with Crippen LogP contribution < -0.4 is 5.32 Å². The van der Waals surface area contributed by atoms with Gasteiger partial charge in [0.2, 0.25) is 0 Å². The van der Waals surface area contributed by atoms with Crippen LogP contribution >= 0.6 is 0 Å². The summed E-state index contributed by atoms with van der Waals surface area (Å²) in [5, 5.41) is 16.3. The number of rotatable bonds is 4. The Morgan fingerprint density at radius 2 is 2.33 bits per heavy atom. The first-order valence-corrected chi connectivity index (χ1v) is 5.35. The van der Waals surface area contributed by atoms with E-state index in [0.717, 1.165) is 5.69 Å². The smallest absolute Gasteiger partial charge is 0.341 e. The second-order valence-electron chi connectivity index (χ2n) is 3.79. The lowest BCUT2D eigenvalue weighted by molar-refractivity contribution is 0.0697. The fourth-order valence-electron chi connectivity index (χ4n) is 1.71. The Bertz CT molecular complexity index is 564. The van der Waals surface area contributed by atoms with Gasteiger partial charge in [-0.05, 0) is 13.0 Å². The highest BCUT2D eigenvalue weighted by atomic mass is 16.4. The van der Waals surface area contributed by atoms with E-state index in [-0.39, 0.29) is 5.56 Å². The molecule has 0 bridgehead atoms. The average molecular weight is 247 g/mol. The van der Waals surface area contributed by atoms with Crippen LogP contribution in [-0.4, -0.2) is 30.8 Å². The Morgan fingerprint density at radius 1 is 1.56 bits per heavy atom. The molecule has 2 aromatic heterocycles. The zero-order chi connectivity index (χ0) is 13.1. The molecule has 7 nitrogen and oxygen atoms in total. The lowest BCUT2D eigenvalue weighted by atomic mass is 10.2. The molecule has 0 amide bonds. The Labute approximate surface area is 104 Å². The first-order chi connectivity index (χ1) is 8.59. The predicted octanol–water partition coefficient (Wildman–Crippen LogP) is 0.829. The van der Waals surface area contributed by atoms with Gasteiger partial charge >= 0.3 is 5.97 Å². The summed E-state index contributed by atoms with van der Waals surface area (Å²) in [6.07, 6.45) is 3.08. The Hall–Kier alpha value is -2.44. The summed E-state index contributed by atoms with van der Waals surface area (Å²) in [6, 6.07) is 1.76. The number of hydrogen-bond acceptors (Lipinski definition) is 5. The molecule has 0 fully saturated rings.